The number of carbonyl (C=O) groups excluding carboxylic acids is 3. The number of rotatable bonds is 4. The van der Waals surface area contributed by atoms with Gasteiger partial charge in [0.1, 0.15) is 15.6 Å². The molecule has 0 radical (unpaired) electrons. The average Bonchev–Trinajstić information content (AvgIpc) is 3.31. The van der Waals surface area contributed by atoms with Gasteiger partial charge in [-0.1, -0.05) is 47.9 Å². The Kier molecular flexibility index (Phi) is 7.88. The molecule has 198 valence electrons. The number of fused-ring (bicyclic) bond motifs is 1. The first kappa shape index (κ1) is 28.1. The number of methoxy groups -OCH3 is 2. The highest BCUT2D eigenvalue weighted by molar-refractivity contribution is 8.29. The lowest BCUT2D eigenvalue weighted by molar-refractivity contribution is -0.138. The molecular weight excluding hydrogens is 546 g/mol. The molecule has 1 amide bonds. The van der Waals surface area contributed by atoms with E-state index in [1.165, 1.54) is 26.4 Å². The van der Waals surface area contributed by atoms with Crippen LogP contribution in [0, 0.1) is 19.7 Å². The van der Waals surface area contributed by atoms with Crippen LogP contribution in [0.15, 0.2) is 50.4 Å². The molecule has 38 heavy (non-hydrogen) atoms. The molecule has 0 aromatic heterocycles. The van der Waals surface area contributed by atoms with Crippen molar-refractivity contribution in [3.05, 3.63) is 78.5 Å². The van der Waals surface area contributed by atoms with E-state index in [2.05, 4.69) is 0 Å². The van der Waals surface area contributed by atoms with Gasteiger partial charge in [-0.15, -0.1) is 0 Å². The van der Waals surface area contributed by atoms with Gasteiger partial charge in [-0.25, -0.2) is 14.0 Å². The summed E-state index contributed by atoms with van der Waals surface area (Å²) in [5, 5.41) is 0. The summed E-state index contributed by atoms with van der Waals surface area (Å²) in [4.78, 5) is 41.2. The Balaban J connectivity index is 1.88. The number of aryl methyl sites for hydroxylation is 2. The lowest BCUT2D eigenvalue weighted by Crippen LogP contribution is -2.56. The molecule has 0 atom stereocenters. The Morgan fingerprint density at radius 1 is 0.947 bits per heavy atom. The van der Waals surface area contributed by atoms with Crippen molar-refractivity contribution in [3.8, 4) is 0 Å². The molecule has 2 aliphatic heterocycles. The zero-order valence-electron chi connectivity index (χ0n) is 21.8. The van der Waals surface area contributed by atoms with Gasteiger partial charge in [0.15, 0.2) is 0 Å². The number of anilines is 1. The lowest BCUT2D eigenvalue weighted by atomic mass is 9.81. The van der Waals surface area contributed by atoms with E-state index in [-0.39, 0.29) is 28.0 Å². The normalized spacial score (nSPS) is 16.5. The van der Waals surface area contributed by atoms with Gasteiger partial charge in [0.05, 0.1) is 41.0 Å². The number of esters is 2. The number of hydrogen-bond acceptors (Lipinski definition) is 8. The first-order chi connectivity index (χ1) is 17.9. The molecule has 0 unspecified atom stereocenters. The third kappa shape index (κ3) is 4.92. The molecular formula is C28H26FNO5S3. The van der Waals surface area contributed by atoms with Crippen LogP contribution in [-0.2, 0) is 30.3 Å². The number of nitrogens with zero attached hydrogens (tertiary/aromatic N) is 1. The Morgan fingerprint density at radius 3 is 2.00 bits per heavy atom. The Bertz CT molecular complexity index is 1410. The van der Waals surface area contributed by atoms with Gasteiger partial charge >= 0.3 is 11.9 Å². The smallest absolute Gasteiger partial charge is 0.346 e. The molecule has 0 N–H and O–H groups in total. The molecule has 10 heteroatoms. The van der Waals surface area contributed by atoms with Crippen molar-refractivity contribution in [1.29, 1.82) is 0 Å². The molecule has 0 saturated heterocycles. The van der Waals surface area contributed by atoms with Crippen LogP contribution in [0.3, 0.4) is 0 Å². The Hall–Kier alpha value is -2.95. The van der Waals surface area contributed by atoms with Crippen LogP contribution >= 0.6 is 35.7 Å². The summed E-state index contributed by atoms with van der Waals surface area (Å²) in [7, 11) is 2.50. The summed E-state index contributed by atoms with van der Waals surface area (Å²) >= 11 is 8.24. The van der Waals surface area contributed by atoms with Crippen molar-refractivity contribution in [2.75, 3.05) is 19.1 Å². The molecule has 6 nitrogen and oxygen atoms in total. The Labute approximate surface area is 234 Å². The summed E-state index contributed by atoms with van der Waals surface area (Å²) in [5.41, 5.74) is 3.84. The molecule has 2 aromatic rings. The molecule has 2 heterocycles. The van der Waals surface area contributed by atoms with E-state index in [9.17, 15) is 18.8 Å². The Morgan fingerprint density at radius 2 is 1.47 bits per heavy atom. The maximum absolute atomic E-state index is 13.8. The number of amides is 1. The van der Waals surface area contributed by atoms with E-state index in [0.717, 1.165) is 40.2 Å². The second-order valence-electron chi connectivity index (χ2n) is 9.38. The topological polar surface area (TPSA) is 72.9 Å². The minimum atomic E-state index is -0.927. The van der Waals surface area contributed by atoms with Crippen molar-refractivity contribution < 1.29 is 28.2 Å². The minimum absolute atomic E-state index is 0.0641. The van der Waals surface area contributed by atoms with E-state index < -0.39 is 17.5 Å². The van der Waals surface area contributed by atoms with Crippen LogP contribution in [-0.4, -0.2) is 42.5 Å². The maximum atomic E-state index is 13.8. The van der Waals surface area contributed by atoms with Gasteiger partial charge in [0, 0.05) is 11.1 Å². The van der Waals surface area contributed by atoms with Crippen LogP contribution in [0.1, 0.15) is 36.1 Å². The zero-order valence-corrected chi connectivity index (χ0v) is 24.2. The highest BCUT2D eigenvalue weighted by Crippen LogP contribution is 2.56. The molecule has 0 aliphatic carbocycles. The van der Waals surface area contributed by atoms with Crippen molar-refractivity contribution in [1.82, 2.24) is 0 Å². The van der Waals surface area contributed by atoms with Crippen molar-refractivity contribution >= 4 is 69.7 Å². The fraction of sp³-hybridized carbons (Fsp3) is 0.286. The van der Waals surface area contributed by atoms with E-state index in [1.807, 2.05) is 39.8 Å². The number of thiocarbonyl (C=S) groups is 1. The van der Waals surface area contributed by atoms with Crippen LogP contribution in [0.2, 0.25) is 0 Å². The van der Waals surface area contributed by atoms with Crippen LogP contribution < -0.4 is 4.90 Å². The van der Waals surface area contributed by atoms with E-state index >= 15 is 0 Å². The maximum Gasteiger partial charge on any atom is 0.346 e. The average molecular weight is 572 g/mol. The highest BCUT2D eigenvalue weighted by Gasteiger charge is 2.46. The largest absolute Gasteiger partial charge is 0.465 e. The van der Waals surface area contributed by atoms with Crippen molar-refractivity contribution in [2.24, 2.45) is 0 Å². The summed E-state index contributed by atoms with van der Waals surface area (Å²) in [5.74, 6) is -1.84. The van der Waals surface area contributed by atoms with Crippen LogP contribution in [0.25, 0.3) is 5.57 Å². The molecule has 2 aliphatic rings. The first-order valence-electron chi connectivity index (χ1n) is 11.7. The lowest BCUT2D eigenvalue weighted by Gasteiger charge is -2.45. The van der Waals surface area contributed by atoms with Gasteiger partial charge in [-0.05, 0) is 68.7 Å². The molecule has 0 bridgehead atoms. The zero-order chi connectivity index (χ0) is 27.9. The fourth-order valence-corrected chi connectivity index (χ4v) is 7.41. The molecule has 0 spiro atoms. The van der Waals surface area contributed by atoms with E-state index in [4.69, 9.17) is 21.7 Å². The van der Waals surface area contributed by atoms with Gasteiger partial charge in [-0.3, -0.25) is 4.79 Å². The minimum Gasteiger partial charge on any atom is -0.465 e. The monoisotopic (exact) mass is 571 g/mol. The summed E-state index contributed by atoms with van der Waals surface area (Å²) in [6, 6.07) is 9.78. The summed E-state index contributed by atoms with van der Waals surface area (Å²) in [6.07, 6.45) is 0.0641. The van der Waals surface area contributed by atoms with Crippen molar-refractivity contribution in [3.63, 3.8) is 0 Å². The third-order valence-corrected chi connectivity index (χ3v) is 9.79. The summed E-state index contributed by atoms with van der Waals surface area (Å²) in [6.45, 7) is 7.68. The van der Waals surface area contributed by atoms with Gasteiger partial charge in [-0.2, -0.15) is 0 Å². The molecule has 0 fully saturated rings. The second kappa shape index (κ2) is 10.7. The predicted octanol–water partition coefficient (Wildman–Crippen LogP) is 5.89. The van der Waals surface area contributed by atoms with E-state index in [0.29, 0.717) is 25.9 Å². The van der Waals surface area contributed by atoms with Gasteiger partial charge in [0.25, 0.3) is 0 Å². The number of carbonyl (C=O) groups is 3. The molecule has 2 aromatic carbocycles. The second-order valence-corrected chi connectivity index (χ2v) is 12.1. The number of thioether (sulfide) groups is 2. The number of ether oxygens (including phenoxy) is 2. The van der Waals surface area contributed by atoms with E-state index in [1.54, 1.807) is 17.0 Å². The summed E-state index contributed by atoms with van der Waals surface area (Å²) < 4.78 is 23.9. The number of hydrogen-bond donors (Lipinski definition) is 0. The van der Waals surface area contributed by atoms with Crippen molar-refractivity contribution in [2.45, 2.75) is 39.7 Å². The number of benzene rings is 2. The first-order valence-corrected chi connectivity index (χ1v) is 13.7. The fourth-order valence-electron chi connectivity index (χ4n) is 4.38. The molecule has 0 saturated carbocycles. The van der Waals surface area contributed by atoms with Gasteiger partial charge in [0.2, 0.25) is 5.91 Å². The number of halogens is 1. The van der Waals surface area contributed by atoms with Crippen LogP contribution in [0.4, 0.5) is 10.1 Å². The SMILES string of the molecule is COC(=O)C1=C(C(=O)OC)SC(=C2C(=S)C(C)(C)N(C(=O)Cc3ccc(F)cc3)c3cc(C)c(C)cc32)S1. The highest BCUT2D eigenvalue weighted by atomic mass is 32.2. The predicted molar refractivity (Wildman–Crippen MR) is 153 cm³/mol. The quantitative estimate of drug-likeness (QED) is 0.256. The molecule has 4 rings (SSSR count). The third-order valence-electron chi connectivity index (χ3n) is 6.52. The van der Waals surface area contributed by atoms with Gasteiger partial charge < -0.3 is 14.4 Å². The standard InChI is InChI=1S/C28H26FNO5S3/c1-14-11-18-19(12-15(14)2)30(20(31)13-16-7-9-17(29)10-8-16)28(3,4)24(36)21(18)27-37-22(25(32)34-5)23(38-27)26(33)35-6/h7-12H,13H2,1-6H3. The van der Waals surface area contributed by atoms with Crippen LogP contribution in [0.5, 0.6) is 0 Å².